The predicted octanol–water partition coefficient (Wildman–Crippen LogP) is 5.18. The number of ether oxygens (including phenoxy) is 1. The van der Waals surface area contributed by atoms with Gasteiger partial charge in [0, 0.05) is 5.02 Å². The molecule has 6 nitrogen and oxygen atoms in total. The molecule has 3 aromatic carbocycles. The van der Waals surface area contributed by atoms with Gasteiger partial charge in [-0.25, -0.2) is 8.42 Å². The fraction of sp³-hybridized carbons (Fsp3) is 0.136. The van der Waals surface area contributed by atoms with Gasteiger partial charge in [-0.3, -0.25) is 4.79 Å². The molecule has 168 valence electrons. The summed E-state index contributed by atoms with van der Waals surface area (Å²) >= 11 is 18.1. The average molecular weight is 514 g/mol. The molecule has 32 heavy (non-hydrogen) atoms. The Morgan fingerprint density at radius 1 is 0.969 bits per heavy atom. The lowest BCUT2D eigenvalue weighted by molar-refractivity contribution is -0.117. The van der Waals surface area contributed by atoms with Gasteiger partial charge < -0.3 is 10.1 Å². The van der Waals surface area contributed by atoms with Crippen molar-refractivity contribution in [2.24, 2.45) is 0 Å². The van der Waals surface area contributed by atoms with Crippen LogP contribution in [0.3, 0.4) is 0 Å². The second-order valence-corrected chi connectivity index (χ2v) is 9.74. The largest absolute Gasteiger partial charge is 0.495 e. The van der Waals surface area contributed by atoms with E-state index >= 15 is 0 Å². The van der Waals surface area contributed by atoms with Gasteiger partial charge >= 0.3 is 0 Å². The molecule has 0 aliphatic heterocycles. The fourth-order valence-corrected chi connectivity index (χ4v) is 4.92. The molecule has 0 radical (unpaired) electrons. The van der Waals surface area contributed by atoms with Crippen LogP contribution in [0.1, 0.15) is 5.56 Å². The quantitative estimate of drug-likeness (QED) is 0.434. The molecule has 0 bridgehead atoms. The van der Waals surface area contributed by atoms with Gasteiger partial charge in [0.25, 0.3) is 0 Å². The van der Waals surface area contributed by atoms with Gasteiger partial charge in [0.1, 0.15) is 11.8 Å². The van der Waals surface area contributed by atoms with Crippen molar-refractivity contribution >= 4 is 56.4 Å². The van der Waals surface area contributed by atoms with Crippen molar-refractivity contribution in [1.29, 1.82) is 0 Å². The Morgan fingerprint density at radius 3 is 2.31 bits per heavy atom. The molecule has 0 heterocycles. The summed E-state index contributed by atoms with van der Waals surface area (Å²) in [6, 6.07) is 16.5. The van der Waals surface area contributed by atoms with Crippen molar-refractivity contribution in [3.8, 4) is 5.75 Å². The molecule has 0 fully saturated rings. The number of benzene rings is 3. The van der Waals surface area contributed by atoms with Crippen molar-refractivity contribution < 1.29 is 17.9 Å². The molecule has 0 unspecified atom stereocenters. The number of sulfonamides is 1. The predicted molar refractivity (Wildman–Crippen MR) is 127 cm³/mol. The molecule has 0 aliphatic rings. The summed E-state index contributed by atoms with van der Waals surface area (Å²) < 4.78 is 33.6. The van der Waals surface area contributed by atoms with Gasteiger partial charge in [-0.2, -0.15) is 4.72 Å². The van der Waals surface area contributed by atoms with Crippen molar-refractivity contribution in [3.05, 3.63) is 87.4 Å². The van der Waals surface area contributed by atoms with E-state index in [0.29, 0.717) is 16.5 Å². The molecular weight excluding hydrogens is 495 g/mol. The van der Waals surface area contributed by atoms with Crippen LogP contribution in [-0.2, 0) is 21.2 Å². The molecule has 0 saturated heterocycles. The molecule has 3 rings (SSSR count). The van der Waals surface area contributed by atoms with Crippen LogP contribution in [0, 0.1) is 0 Å². The standard InChI is InChI=1S/C22H19Cl3N2O4S/c1-31-21-10-8-16(13-18(21)25)32(29,30)27-20(11-14-5-3-2-4-6-14)22(28)26-19-9-7-15(23)12-17(19)24/h2-10,12-13,20,27H,11H2,1H3,(H,26,28)/t20-/m0/s1. The molecule has 2 N–H and O–H groups in total. The van der Waals surface area contributed by atoms with E-state index in [9.17, 15) is 13.2 Å². The first-order chi connectivity index (χ1) is 15.2. The van der Waals surface area contributed by atoms with Gasteiger partial charge in [0.05, 0.1) is 27.7 Å². The minimum Gasteiger partial charge on any atom is -0.495 e. The summed E-state index contributed by atoms with van der Waals surface area (Å²) in [5.74, 6) is -0.247. The summed E-state index contributed by atoms with van der Waals surface area (Å²) in [5, 5.41) is 3.43. The lowest BCUT2D eigenvalue weighted by atomic mass is 10.1. The highest BCUT2D eigenvalue weighted by Crippen LogP contribution is 2.28. The highest BCUT2D eigenvalue weighted by atomic mass is 35.5. The molecule has 0 saturated carbocycles. The van der Waals surface area contributed by atoms with Gasteiger partial charge in [0.15, 0.2) is 0 Å². The van der Waals surface area contributed by atoms with E-state index < -0.39 is 22.0 Å². The monoisotopic (exact) mass is 512 g/mol. The zero-order valence-electron chi connectivity index (χ0n) is 16.8. The molecule has 1 atom stereocenters. The summed E-state index contributed by atoms with van der Waals surface area (Å²) in [6.45, 7) is 0. The first-order valence-electron chi connectivity index (χ1n) is 9.35. The van der Waals surface area contributed by atoms with Crippen LogP contribution in [0.25, 0.3) is 0 Å². The van der Waals surface area contributed by atoms with Crippen LogP contribution in [0.2, 0.25) is 15.1 Å². The Labute approximate surface area is 201 Å². The number of hydrogen-bond donors (Lipinski definition) is 2. The normalized spacial score (nSPS) is 12.2. The third kappa shape index (κ3) is 6.15. The number of anilines is 1. The lowest BCUT2D eigenvalue weighted by Gasteiger charge is -2.19. The van der Waals surface area contributed by atoms with Gasteiger partial charge in [-0.05, 0) is 48.4 Å². The van der Waals surface area contributed by atoms with Crippen LogP contribution in [0.5, 0.6) is 5.75 Å². The van der Waals surface area contributed by atoms with Crippen LogP contribution in [0.15, 0.2) is 71.6 Å². The number of carbonyl (C=O) groups is 1. The topological polar surface area (TPSA) is 84.5 Å². The molecule has 1 amide bonds. The zero-order valence-corrected chi connectivity index (χ0v) is 19.9. The summed E-state index contributed by atoms with van der Waals surface area (Å²) in [6.07, 6.45) is 0.112. The van der Waals surface area contributed by atoms with Crippen molar-refractivity contribution in [1.82, 2.24) is 4.72 Å². The van der Waals surface area contributed by atoms with Crippen LogP contribution >= 0.6 is 34.8 Å². The minimum absolute atomic E-state index is 0.0984. The van der Waals surface area contributed by atoms with E-state index in [4.69, 9.17) is 39.5 Å². The number of amides is 1. The highest BCUT2D eigenvalue weighted by Gasteiger charge is 2.27. The molecule has 0 aromatic heterocycles. The lowest BCUT2D eigenvalue weighted by Crippen LogP contribution is -2.45. The summed E-state index contributed by atoms with van der Waals surface area (Å²) in [7, 11) is -2.66. The van der Waals surface area contributed by atoms with Crippen molar-refractivity contribution in [3.63, 3.8) is 0 Å². The first-order valence-corrected chi connectivity index (χ1v) is 12.0. The van der Waals surface area contributed by atoms with Crippen molar-refractivity contribution in [2.75, 3.05) is 12.4 Å². The zero-order chi connectivity index (χ0) is 23.3. The van der Waals surface area contributed by atoms with Gasteiger partial charge in [-0.15, -0.1) is 0 Å². The fourth-order valence-electron chi connectivity index (χ4n) is 2.92. The minimum atomic E-state index is -4.09. The van der Waals surface area contributed by atoms with Gasteiger partial charge in [-0.1, -0.05) is 65.1 Å². The SMILES string of the molecule is COc1ccc(S(=O)(=O)N[C@@H](Cc2ccccc2)C(=O)Nc2ccc(Cl)cc2Cl)cc1Cl. The maximum atomic E-state index is 13.1. The number of rotatable bonds is 8. The van der Waals surface area contributed by atoms with Crippen LogP contribution in [-0.4, -0.2) is 27.5 Å². The number of nitrogens with one attached hydrogen (secondary N) is 2. The molecular formula is C22H19Cl3N2O4S. The molecule has 3 aromatic rings. The highest BCUT2D eigenvalue weighted by molar-refractivity contribution is 7.89. The number of hydrogen-bond acceptors (Lipinski definition) is 4. The third-order valence-electron chi connectivity index (χ3n) is 4.52. The van der Waals surface area contributed by atoms with E-state index in [2.05, 4.69) is 10.0 Å². The summed E-state index contributed by atoms with van der Waals surface area (Å²) in [4.78, 5) is 13.0. The maximum absolute atomic E-state index is 13.1. The Kier molecular flexibility index (Phi) is 8.03. The maximum Gasteiger partial charge on any atom is 0.242 e. The Hall–Kier alpha value is -2.29. The molecule has 10 heteroatoms. The molecule has 0 aliphatic carbocycles. The second-order valence-electron chi connectivity index (χ2n) is 6.77. The Balaban J connectivity index is 1.89. The molecule has 0 spiro atoms. The number of methoxy groups -OCH3 is 1. The van der Waals surface area contributed by atoms with Crippen LogP contribution in [0.4, 0.5) is 5.69 Å². The van der Waals surface area contributed by atoms with Crippen LogP contribution < -0.4 is 14.8 Å². The smallest absolute Gasteiger partial charge is 0.242 e. The van der Waals surface area contributed by atoms with E-state index in [-0.39, 0.29) is 21.4 Å². The number of carbonyl (C=O) groups excluding carboxylic acids is 1. The first kappa shape index (κ1) is 24.4. The van der Waals surface area contributed by atoms with Gasteiger partial charge in [0.2, 0.25) is 15.9 Å². The van der Waals surface area contributed by atoms with Crippen molar-refractivity contribution in [2.45, 2.75) is 17.4 Å². The van der Waals surface area contributed by atoms with E-state index in [1.165, 1.54) is 31.4 Å². The van der Waals surface area contributed by atoms with E-state index in [0.717, 1.165) is 5.56 Å². The Bertz CT molecular complexity index is 1220. The third-order valence-corrected chi connectivity index (χ3v) is 6.83. The average Bonchev–Trinajstić information content (AvgIpc) is 2.75. The van der Waals surface area contributed by atoms with E-state index in [1.807, 2.05) is 6.07 Å². The number of halogens is 3. The summed E-state index contributed by atoms with van der Waals surface area (Å²) in [5.41, 5.74) is 1.08. The Morgan fingerprint density at radius 2 is 1.69 bits per heavy atom. The van der Waals surface area contributed by atoms with E-state index in [1.54, 1.807) is 36.4 Å². The second kappa shape index (κ2) is 10.6.